The van der Waals surface area contributed by atoms with Crippen molar-refractivity contribution in [3.63, 3.8) is 0 Å². The maximum absolute atomic E-state index is 13.2. The molecule has 0 radical (unpaired) electrons. The van der Waals surface area contributed by atoms with Crippen LogP contribution in [0.25, 0.3) is 0 Å². The van der Waals surface area contributed by atoms with Crippen LogP contribution in [0.15, 0.2) is 36.7 Å². The minimum Gasteiger partial charge on any atom is -0.338 e. The second-order valence-corrected chi connectivity index (χ2v) is 7.20. The molecule has 1 aromatic heterocycles. The molecule has 3 heterocycles. The second kappa shape index (κ2) is 6.55. The van der Waals surface area contributed by atoms with Crippen molar-refractivity contribution < 1.29 is 14.0 Å². The zero-order chi connectivity index (χ0) is 18.1. The summed E-state index contributed by atoms with van der Waals surface area (Å²) < 4.78 is 13.1. The lowest BCUT2D eigenvalue weighted by Crippen LogP contribution is -2.50. The number of amides is 2. The van der Waals surface area contributed by atoms with Gasteiger partial charge >= 0.3 is 0 Å². The molecular weight excluding hydrogens is 335 g/mol. The van der Waals surface area contributed by atoms with Gasteiger partial charge in [-0.15, -0.1) is 0 Å². The molecule has 2 aliphatic heterocycles. The minimum absolute atomic E-state index is 0.0842. The summed E-state index contributed by atoms with van der Waals surface area (Å²) >= 11 is 0. The number of nitrogens with zero attached hydrogens (tertiary/aromatic N) is 3. The quantitative estimate of drug-likeness (QED) is 0.917. The molecule has 2 fully saturated rings. The third-order valence-corrected chi connectivity index (χ3v) is 5.50. The molecular formula is C19H21FN4O2. The molecule has 1 unspecified atom stereocenters. The van der Waals surface area contributed by atoms with E-state index in [9.17, 15) is 14.0 Å². The number of aromatic amines is 1. The molecule has 1 spiro atoms. The van der Waals surface area contributed by atoms with Gasteiger partial charge in [-0.2, -0.15) is 5.10 Å². The lowest BCUT2D eigenvalue weighted by Gasteiger charge is -2.39. The first-order chi connectivity index (χ1) is 12.6. The molecule has 1 N–H and O–H groups in total. The number of hydrogen-bond acceptors (Lipinski definition) is 3. The van der Waals surface area contributed by atoms with Gasteiger partial charge in [-0.3, -0.25) is 14.7 Å². The predicted molar refractivity (Wildman–Crippen MR) is 92.6 cm³/mol. The van der Waals surface area contributed by atoms with Crippen LogP contribution in [0.2, 0.25) is 0 Å². The number of nitrogens with one attached hydrogen (secondary N) is 1. The fourth-order valence-corrected chi connectivity index (χ4v) is 4.09. The Labute approximate surface area is 151 Å². The predicted octanol–water partition coefficient (Wildman–Crippen LogP) is 2.20. The van der Waals surface area contributed by atoms with E-state index in [0.29, 0.717) is 38.2 Å². The highest BCUT2D eigenvalue weighted by atomic mass is 19.1. The van der Waals surface area contributed by atoms with E-state index in [2.05, 4.69) is 10.2 Å². The normalized spacial score (nSPS) is 23.0. The van der Waals surface area contributed by atoms with E-state index in [-0.39, 0.29) is 17.6 Å². The third kappa shape index (κ3) is 2.98. The topological polar surface area (TPSA) is 69.3 Å². The van der Waals surface area contributed by atoms with E-state index in [1.54, 1.807) is 23.2 Å². The Morgan fingerprint density at radius 3 is 2.77 bits per heavy atom. The molecule has 26 heavy (non-hydrogen) atoms. The average molecular weight is 356 g/mol. The van der Waals surface area contributed by atoms with E-state index < -0.39 is 5.41 Å². The molecule has 0 saturated carbocycles. The van der Waals surface area contributed by atoms with Crippen LogP contribution in [-0.2, 0) is 11.3 Å². The number of H-pyrrole nitrogens is 1. The highest BCUT2D eigenvalue weighted by Crippen LogP contribution is 2.40. The third-order valence-electron chi connectivity index (χ3n) is 5.50. The largest absolute Gasteiger partial charge is 0.338 e. The van der Waals surface area contributed by atoms with Crippen molar-refractivity contribution in [1.82, 2.24) is 20.0 Å². The Bertz CT molecular complexity index is 805. The molecule has 2 aromatic rings. The summed E-state index contributed by atoms with van der Waals surface area (Å²) in [7, 11) is 0. The summed E-state index contributed by atoms with van der Waals surface area (Å²) in [6.07, 6.45) is 5.50. The Balaban J connectivity index is 1.47. The second-order valence-electron chi connectivity index (χ2n) is 7.20. The van der Waals surface area contributed by atoms with E-state index in [0.717, 1.165) is 18.4 Å². The van der Waals surface area contributed by atoms with Gasteiger partial charge < -0.3 is 9.80 Å². The lowest BCUT2D eigenvalue weighted by atomic mass is 9.78. The number of rotatable bonds is 3. The number of carbonyl (C=O) groups excluding carboxylic acids is 2. The number of benzene rings is 1. The molecule has 7 heteroatoms. The monoisotopic (exact) mass is 356 g/mol. The molecule has 2 aliphatic rings. The fourth-order valence-electron chi connectivity index (χ4n) is 4.09. The van der Waals surface area contributed by atoms with Crippen LogP contribution in [0.4, 0.5) is 4.39 Å². The van der Waals surface area contributed by atoms with Gasteiger partial charge in [0.15, 0.2) is 0 Å². The molecule has 1 atom stereocenters. The van der Waals surface area contributed by atoms with Crippen LogP contribution >= 0.6 is 0 Å². The van der Waals surface area contributed by atoms with Crippen LogP contribution < -0.4 is 0 Å². The SMILES string of the molecule is O=C(c1cn[nH]c1)N1CCC2(CCCN(Cc3ccc(F)cc3)C2=O)C1. The first-order valence-corrected chi connectivity index (χ1v) is 8.89. The van der Waals surface area contributed by atoms with Crippen molar-refractivity contribution in [2.75, 3.05) is 19.6 Å². The lowest BCUT2D eigenvalue weighted by molar-refractivity contribution is -0.146. The van der Waals surface area contributed by atoms with Crippen LogP contribution in [0.1, 0.15) is 35.2 Å². The van der Waals surface area contributed by atoms with Crippen LogP contribution in [-0.4, -0.2) is 51.4 Å². The number of halogens is 1. The zero-order valence-electron chi connectivity index (χ0n) is 14.4. The maximum atomic E-state index is 13.2. The van der Waals surface area contributed by atoms with Gasteiger partial charge in [0.25, 0.3) is 5.91 Å². The van der Waals surface area contributed by atoms with Gasteiger partial charge in [-0.05, 0) is 37.0 Å². The van der Waals surface area contributed by atoms with Gasteiger partial charge in [0.2, 0.25) is 5.91 Å². The van der Waals surface area contributed by atoms with Crippen molar-refractivity contribution >= 4 is 11.8 Å². The van der Waals surface area contributed by atoms with Crippen LogP contribution in [0.3, 0.4) is 0 Å². The molecule has 0 aliphatic carbocycles. The Hall–Kier alpha value is -2.70. The van der Waals surface area contributed by atoms with Crippen molar-refractivity contribution in [2.24, 2.45) is 5.41 Å². The highest BCUT2D eigenvalue weighted by Gasteiger charge is 2.49. The minimum atomic E-state index is -0.488. The summed E-state index contributed by atoms with van der Waals surface area (Å²) in [5, 5.41) is 6.48. The summed E-state index contributed by atoms with van der Waals surface area (Å²) in [5.41, 5.74) is 0.951. The van der Waals surface area contributed by atoms with E-state index in [1.165, 1.54) is 18.3 Å². The van der Waals surface area contributed by atoms with Crippen molar-refractivity contribution in [3.05, 3.63) is 53.6 Å². The van der Waals surface area contributed by atoms with Crippen LogP contribution in [0.5, 0.6) is 0 Å². The zero-order valence-corrected chi connectivity index (χ0v) is 14.4. The Kier molecular flexibility index (Phi) is 4.22. The standard InChI is InChI=1S/C19H21FN4O2/c20-16-4-2-14(3-5-16)12-23-8-1-6-19(18(23)26)7-9-24(13-19)17(25)15-10-21-22-11-15/h2-5,10-11H,1,6-9,12-13H2,(H,21,22). The maximum Gasteiger partial charge on any atom is 0.257 e. The van der Waals surface area contributed by atoms with Crippen LogP contribution in [0, 0.1) is 11.2 Å². The molecule has 2 saturated heterocycles. The first kappa shape index (κ1) is 16.8. The van der Waals surface area contributed by atoms with Gasteiger partial charge in [0, 0.05) is 32.4 Å². The summed E-state index contributed by atoms with van der Waals surface area (Å²) in [5.74, 6) is -0.256. The van der Waals surface area contributed by atoms with Gasteiger partial charge in [-0.25, -0.2) is 4.39 Å². The van der Waals surface area contributed by atoms with E-state index in [1.807, 2.05) is 4.90 Å². The average Bonchev–Trinajstić information content (AvgIpc) is 3.31. The van der Waals surface area contributed by atoms with Gasteiger partial charge in [0.05, 0.1) is 17.2 Å². The molecule has 136 valence electrons. The summed E-state index contributed by atoms with van der Waals surface area (Å²) in [4.78, 5) is 29.3. The first-order valence-electron chi connectivity index (χ1n) is 8.89. The Morgan fingerprint density at radius 1 is 1.23 bits per heavy atom. The smallest absolute Gasteiger partial charge is 0.257 e. The van der Waals surface area contributed by atoms with Crippen molar-refractivity contribution in [1.29, 1.82) is 0 Å². The van der Waals surface area contributed by atoms with E-state index >= 15 is 0 Å². The number of aromatic nitrogens is 2. The Morgan fingerprint density at radius 2 is 2.04 bits per heavy atom. The fraction of sp³-hybridized carbons (Fsp3) is 0.421. The molecule has 2 amide bonds. The molecule has 6 nitrogen and oxygen atoms in total. The number of hydrogen-bond donors (Lipinski definition) is 1. The molecule has 0 bridgehead atoms. The summed E-state index contributed by atoms with van der Waals surface area (Å²) in [6.45, 7) is 2.22. The van der Waals surface area contributed by atoms with Gasteiger partial charge in [0.1, 0.15) is 5.82 Å². The summed E-state index contributed by atoms with van der Waals surface area (Å²) in [6, 6.07) is 6.27. The number of likely N-dealkylation sites (tertiary alicyclic amines) is 2. The van der Waals surface area contributed by atoms with Crippen molar-refractivity contribution in [2.45, 2.75) is 25.8 Å². The number of piperidine rings is 1. The molecule has 1 aromatic carbocycles. The van der Waals surface area contributed by atoms with Crippen molar-refractivity contribution in [3.8, 4) is 0 Å². The van der Waals surface area contributed by atoms with E-state index in [4.69, 9.17) is 0 Å². The number of carbonyl (C=O) groups is 2. The highest BCUT2D eigenvalue weighted by molar-refractivity contribution is 5.95. The molecule has 4 rings (SSSR count). The van der Waals surface area contributed by atoms with Gasteiger partial charge in [-0.1, -0.05) is 12.1 Å².